The smallest absolute Gasteiger partial charge is 0.301 e. The lowest BCUT2D eigenvalue weighted by Crippen LogP contribution is -2.36. The second kappa shape index (κ2) is 5.35. The zero-order valence-electron chi connectivity index (χ0n) is 9.83. The van der Waals surface area contributed by atoms with Gasteiger partial charge in [-0.2, -0.15) is 5.26 Å². The molecule has 14 heavy (non-hydrogen) atoms. The van der Waals surface area contributed by atoms with Gasteiger partial charge in [-0.25, -0.2) is 4.79 Å². The van der Waals surface area contributed by atoms with E-state index in [0.29, 0.717) is 5.92 Å². The fourth-order valence-corrected chi connectivity index (χ4v) is 1.55. The second-order valence-corrected chi connectivity index (χ2v) is 4.73. The third-order valence-electron chi connectivity index (χ3n) is 3.34. The van der Waals surface area contributed by atoms with E-state index in [1.54, 1.807) is 0 Å². The van der Waals surface area contributed by atoms with Gasteiger partial charge in [-0.3, -0.25) is 0 Å². The molecule has 1 atom stereocenters. The molecule has 3 heteroatoms. The number of hydrogen-bond acceptors (Lipinski definition) is 3. The van der Waals surface area contributed by atoms with Crippen LogP contribution in [0.5, 0.6) is 0 Å². The molecule has 1 unspecified atom stereocenters. The lowest BCUT2D eigenvalue weighted by Gasteiger charge is -2.35. The summed E-state index contributed by atoms with van der Waals surface area (Å²) in [6, 6.07) is 0. The third-order valence-corrected chi connectivity index (χ3v) is 3.34. The van der Waals surface area contributed by atoms with Crippen LogP contribution < -0.4 is 0 Å². The predicted octanol–water partition coefficient (Wildman–Crippen LogP) is 3.10. The van der Waals surface area contributed by atoms with Crippen LogP contribution >= 0.6 is 0 Å². The van der Waals surface area contributed by atoms with E-state index in [0.717, 1.165) is 12.8 Å². The third kappa shape index (κ3) is 2.98. The predicted molar refractivity (Wildman–Crippen MR) is 55.7 cm³/mol. The Morgan fingerprint density at radius 3 is 2.21 bits per heavy atom. The van der Waals surface area contributed by atoms with Crippen LogP contribution in [0, 0.1) is 17.3 Å². The largest absolute Gasteiger partial charge is 0.345 e. The lowest BCUT2D eigenvalue weighted by atomic mass is 9.69. The Kier molecular flexibility index (Phi) is 5.13. The second-order valence-electron chi connectivity index (χ2n) is 4.73. The van der Waals surface area contributed by atoms with Crippen LogP contribution in [0.3, 0.4) is 0 Å². The minimum Gasteiger partial charge on any atom is -0.301 e. The van der Waals surface area contributed by atoms with Crippen molar-refractivity contribution >= 4 is 5.97 Å². The van der Waals surface area contributed by atoms with Gasteiger partial charge in [0.1, 0.15) is 0 Å². The van der Waals surface area contributed by atoms with E-state index in [2.05, 4.69) is 18.7 Å². The van der Waals surface area contributed by atoms with Gasteiger partial charge in [-0.15, -0.1) is 0 Å². The number of carbonyl (C=O) groups is 1. The quantitative estimate of drug-likeness (QED) is 0.550. The van der Waals surface area contributed by atoms with Crippen molar-refractivity contribution in [3.05, 3.63) is 0 Å². The van der Waals surface area contributed by atoms with Crippen LogP contribution in [-0.4, -0.2) is 11.2 Å². The fourth-order valence-electron chi connectivity index (χ4n) is 1.55. The highest BCUT2D eigenvalue weighted by molar-refractivity contribution is 5.72. The molecule has 0 saturated carbocycles. The molecule has 0 heterocycles. The molecule has 0 fully saturated rings. The van der Waals surface area contributed by atoms with E-state index >= 15 is 0 Å². The van der Waals surface area contributed by atoms with E-state index in [-0.39, 0.29) is 11.3 Å². The normalized spacial score (nSPS) is 14.2. The summed E-state index contributed by atoms with van der Waals surface area (Å²) in [7, 11) is 0. The van der Waals surface area contributed by atoms with Crippen LogP contribution in [0.1, 0.15) is 47.5 Å². The maximum atomic E-state index is 11.4. The van der Waals surface area contributed by atoms with Gasteiger partial charge in [-0.1, -0.05) is 41.0 Å². The molecule has 0 bridgehead atoms. The Morgan fingerprint density at radius 1 is 1.43 bits per heavy atom. The molecule has 0 amide bonds. The van der Waals surface area contributed by atoms with Crippen molar-refractivity contribution < 1.29 is 14.9 Å². The highest BCUT2D eigenvalue weighted by Crippen LogP contribution is 2.38. The summed E-state index contributed by atoms with van der Waals surface area (Å²) in [5.74, 6) is -0.360. The zero-order chi connectivity index (χ0) is 11.4. The SMILES string of the molecule is CCCC(C(=O)OO)C(C)(C)C(C)C. The van der Waals surface area contributed by atoms with Gasteiger partial charge in [0.25, 0.3) is 0 Å². The van der Waals surface area contributed by atoms with Crippen LogP contribution in [0.4, 0.5) is 0 Å². The first-order valence-corrected chi connectivity index (χ1v) is 5.23. The summed E-state index contributed by atoms with van der Waals surface area (Å²) in [5, 5.41) is 8.43. The summed E-state index contributed by atoms with van der Waals surface area (Å²) >= 11 is 0. The molecule has 0 saturated heterocycles. The molecule has 3 nitrogen and oxygen atoms in total. The summed E-state index contributed by atoms with van der Waals surface area (Å²) in [5.41, 5.74) is -0.143. The zero-order valence-corrected chi connectivity index (χ0v) is 9.83. The Bertz CT molecular complexity index is 185. The maximum Gasteiger partial charge on any atom is 0.345 e. The Morgan fingerprint density at radius 2 is 1.93 bits per heavy atom. The van der Waals surface area contributed by atoms with Gasteiger partial charge < -0.3 is 4.89 Å². The molecular formula is C11H22O3. The summed E-state index contributed by atoms with van der Waals surface area (Å²) < 4.78 is 0. The molecular weight excluding hydrogens is 180 g/mol. The van der Waals surface area contributed by atoms with Crippen LogP contribution in [0.2, 0.25) is 0 Å². The first-order chi connectivity index (χ1) is 6.37. The van der Waals surface area contributed by atoms with Crippen LogP contribution in [0.25, 0.3) is 0 Å². The Labute approximate surface area is 86.4 Å². The average molecular weight is 202 g/mol. The van der Waals surface area contributed by atoms with Crippen molar-refractivity contribution in [1.82, 2.24) is 0 Å². The van der Waals surface area contributed by atoms with Crippen molar-refractivity contribution in [2.45, 2.75) is 47.5 Å². The van der Waals surface area contributed by atoms with Crippen LogP contribution in [0.15, 0.2) is 0 Å². The monoisotopic (exact) mass is 202 g/mol. The van der Waals surface area contributed by atoms with Gasteiger partial charge >= 0.3 is 5.97 Å². The number of hydrogen-bond donors (Lipinski definition) is 1. The molecule has 0 rings (SSSR count). The van der Waals surface area contributed by atoms with E-state index in [1.807, 2.05) is 20.8 Å². The van der Waals surface area contributed by atoms with Gasteiger partial charge in [0, 0.05) is 0 Å². The Balaban J connectivity index is 4.71. The molecule has 0 aromatic heterocycles. The number of rotatable bonds is 5. The average Bonchev–Trinajstić information content (AvgIpc) is 2.12. The van der Waals surface area contributed by atoms with Crippen LogP contribution in [-0.2, 0) is 9.68 Å². The molecule has 0 aromatic carbocycles. The molecule has 1 N–H and O–H groups in total. The fraction of sp³-hybridized carbons (Fsp3) is 0.909. The minimum atomic E-state index is -0.509. The molecule has 0 radical (unpaired) electrons. The highest BCUT2D eigenvalue weighted by Gasteiger charge is 2.38. The summed E-state index contributed by atoms with van der Waals surface area (Å²) in [6.45, 7) is 10.2. The highest BCUT2D eigenvalue weighted by atomic mass is 17.1. The minimum absolute atomic E-state index is 0.143. The van der Waals surface area contributed by atoms with E-state index in [9.17, 15) is 4.79 Å². The number of carbonyl (C=O) groups excluding carboxylic acids is 1. The van der Waals surface area contributed by atoms with Gasteiger partial charge in [0.2, 0.25) is 0 Å². The maximum absolute atomic E-state index is 11.4. The molecule has 0 aromatic rings. The van der Waals surface area contributed by atoms with Crippen molar-refractivity contribution in [1.29, 1.82) is 0 Å². The van der Waals surface area contributed by atoms with Gasteiger partial charge in [0.05, 0.1) is 5.92 Å². The van der Waals surface area contributed by atoms with Gasteiger partial charge in [0.15, 0.2) is 0 Å². The standard InChI is InChI=1S/C11H22O3/c1-6-7-9(10(12)14-13)11(4,5)8(2)3/h8-9,13H,6-7H2,1-5H3. The van der Waals surface area contributed by atoms with E-state index in [4.69, 9.17) is 5.26 Å². The Hall–Kier alpha value is -0.570. The summed E-state index contributed by atoms with van der Waals surface area (Å²) in [4.78, 5) is 15.2. The topological polar surface area (TPSA) is 46.5 Å². The molecule has 84 valence electrons. The van der Waals surface area contributed by atoms with Crippen molar-refractivity contribution in [2.75, 3.05) is 0 Å². The molecule has 0 spiro atoms. The molecule has 0 aliphatic heterocycles. The summed E-state index contributed by atoms with van der Waals surface area (Å²) in [6.07, 6.45) is 1.67. The van der Waals surface area contributed by atoms with Crippen molar-refractivity contribution in [3.63, 3.8) is 0 Å². The first kappa shape index (κ1) is 13.4. The molecule has 0 aliphatic carbocycles. The molecule has 0 aliphatic rings. The lowest BCUT2D eigenvalue weighted by molar-refractivity contribution is -0.243. The van der Waals surface area contributed by atoms with Gasteiger partial charge in [-0.05, 0) is 17.8 Å². The van der Waals surface area contributed by atoms with Crippen molar-refractivity contribution in [2.24, 2.45) is 17.3 Å². The van der Waals surface area contributed by atoms with Crippen molar-refractivity contribution in [3.8, 4) is 0 Å². The van der Waals surface area contributed by atoms with E-state index < -0.39 is 5.97 Å². The first-order valence-electron chi connectivity index (χ1n) is 5.23. The van der Waals surface area contributed by atoms with E-state index in [1.165, 1.54) is 0 Å².